The van der Waals surface area contributed by atoms with E-state index < -0.39 is 5.41 Å². The summed E-state index contributed by atoms with van der Waals surface area (Å²) >= 11 is 0. The van der Waals surface area contributed by atoms with Crippen LogP contribution in [-0.4, -0.2) is 9.97 Å². The molecule has 0 fully saturated rings. The normalized spacial score (nSPS) is 12.6. The highest BCUT2D eigenvalue weighted by Crippen LogP contribution is 2.58. The van der Waals surface area contributed by atoms with Gasteiger partial charge in [-0.2, -0.15) is 0 Å². The van der Waals surface area contributed by atoms with E-state index in [4.69, 9.17) is 9.97 Å². The molecule has 1 aromatic heterocycles. The first-order valence-corrected chi connectivity index (χ1v) is 21.6. The van der Waals surface area contributed by atoms with Crippen molar-refractivity contribution in [1.29, 1.82) is 0 Å². The summed E-state index contributed by atoms with van der Waals surface area (Å²) in [5.74, 6) is 0.698. The molecule has 0 N–H and O–H groups in total. The molecular weight excluding hydrogens is 761 g/mol. The minimum atomic E-state index is -0.445. The standard InChI is InChI=1S/C61H40N2/c1-5-18-41(19-6-1)49-36-37-53(52-27-14-13-26-51(49)52)58-40-57(42-20-7-2-8-21-42)62-60(63-58)46-35-33-43-38-45(34-32-44(43)39-46)50-29-17-31-56-59(50)54-28-15-16-30-55(54)61(56,47-22-9-3-10-23-47)48-24-11-4-12-25-48/h1-40H. The lowest BCUT2D eigenvalue weighted by molar-refractivity contribution is 0.768. The molecule has 2 nitrogen and oxygen atoms in total. The van der Waals surface area contributed by atoms with Crippen molar-refractivity contribution >= 4 is 21.5 Å². The number of fused-ring (bicyclic) bond motifs is 5. The first-order valence-electron chi connectivity index (χ1n) is 21.6. The lowest BCUT2D eigenvalue weighted by Gasteiger charge is -2.34. The van der Waals surface area contributed by atoms with Crippen molar-refractivity contribution in [3.05, 3.63) is 265 Å². The fraction of sp³-hybridized carbons (Fsp3) is 0.0164. The Balaban J connectivity index is 0.988. The Bertz CT molecular complexity index is 3450. The van der Waals surface area contributed by atoms with E-state index in [1.807, 2.05) is 6.07 Å². The minimum Gasteiger partial charge on any atom is -0.228 e. The zero-order valence-corrected chi connectivity index (χ0v) is 34.5. The number of hydrogen-bond donors (Lipinski definition) is 0. The van der Waals surface area contributed by atoms with Crippen molar-refractivity contribution in [2.24, 2.45) is 0 Å². The number of hydrogen-bond acceptors (Lipinski definition) is 2. The second-order valence-electron chi connectivity index (χ2n) is 16.4. The van der Waals surface area contributed by atoms with Gasteiger partial charge in [-0.25, -0.2) is 9.97 Å². The molecule has 0 atom stereocenters. The number of aromatic nitrogens is 2. The molecule has 1 heterocycles. The molecule has 0 spiro atoms. The van der Waals surface area contributed by atoms with Gasteiger partial charge in [-0.05, 0) is 95.4 Å². The molecule has 12 rings (SSSR count). The molecule has 0 aliphatic heterocycles. The van der Waals surface area contributed by atoms with Crippen molar-refractivity contribution < 1.29 is 0 Å². The quantitative estimate of drug-likeness (QED) is 0.160. The third-order valence-corrected chi connectivity index (χ3v) is 13.0. The summed E-state index contributed by atoms with van der Waals surface area (Å²) < 4.78 is 0. The van der Waals surface area contributed by atoms with Crippen LogP contribution in [0.3, 0.4) is 0 Å². The van der Waals surface area contributed by atoms with Crippen molar-refractivity contribution in [1.82, 2.24) is 9.97 Å². The lowest BCUT2D eigenvalue weighted by atomic mass is 9.67. The van der Waals surface area contributed by atoms with Crippen LogP contribution in [0.4, 0.5) is 0 Å². The van der Waals surface area contributed by atoms with E-state index >= 15 is 0 Å². The Hall–Kier alpha value is -8.20. The largest absolute Gasteiger partial charge is 0.228 e. The molecule has 0 unspecified atom stereocenters. The molecule has 0 amide bonds. The second-order valence-corrected chi connectivity index (χ2v) is 16.4. The molecule has 63 heavy (non-hydrogen) atoms. The van der Waals surface area contributed by atoms with Gasteiger partial charge in [-0.3, -0.25) is 0 Å². The third kappa shape index (κ3) is 6.02. The SMILES string of the molecule is c1ccc(-c2cc(-c3ccc(-c4ccccc4)c4ccccc34)nc(-c3ccc4cc(-c5cccc6c5-c5ccccc5C6(c5ccccc5)c5ccccc5)ccc4c3)n2)cc1. The molecular formula is C61H40N2. The summed E-state index contributed by atoms with van der Waals surface area (Å²) in [5.41, 5.74) is 17.0. The average Bonchev–Trinajstić information content (AvgIpc) is 3.68. The molecule has 11 aromatic rings. The van der Waals surface area contributed by atoms with E-state index in [2.05, 4.69) is 237 Å². The van der Waals surface area contributed by atoms with Crippen LogP contribution >= 0.6 is 0 Å². The molecule has 294 valence electrons. The van der Waals surface area contributed by atoms with E-state index in [0.717, 1.165) is 38.9 Å². The van der Waals surface area contributed by atoms with Crippen LogP contribution in [-0.2, 0) is 5.41 Å². The van der Waals surface area contributed by atoms with Crippen molar-refractivity contribution in [2.45, 2.75) is 5.41 Å². The van der Waals surface area contributed by atoms with Gasteiger partial charge in [0.05, 0.1) is 16.8 Å². The summed E-state index contributed by atoms with van der Waals surface area (Å²) in [4.78, 5) is 10.6. The summed E-state index contributed by atoms with van der Waals surface area (Å²) in [6.07, 6.45) is 0. The highest BCUT2D eigenvalue weighted by molar-refractivity contribution is 6.05. The van der Waals surface area contributed by atoms with Crippen molar-refractivity contribution in [3.8, 4) is 67.3 Å². The molecule has 0 bridgehead atoms. The predicted molar refractivity (Wildman–Crippen MR) is 262 cm³/mol. The maximum atomic E-state index is 5.34. The topological polar surface area (TPSA) is 25.8 Å². The van der Waals surface area contributed by atoms with Gasteiger partial charge >= 0.3 is 0 Å². The summed E-state index contributed by atoms with van der Waals surface area (Å²) in [5, 5.41) is 4.66. The summed E-state index contributed by atoms with van der Waals surface area (Å²) in [7, 11) is 0. The van der Waals surface area contributed by atoms with Crippen LogP contribution in [0.5, 0.6) is 0 Å². The highest BCUT2D eigenvalue weighted by Gasteiger charge is 2.46. The Labute approximate surface area is 367 Å². The zero-order valence-electron chi connectivity index (χ0n) is 34.5. The van der Waals surface area contributed by atoms with E-state index in [0.29, 0.717) is 5.82 Å². The van der Waals surface area contributed by atoms with Gasteiger partial charge in [-0.1, -0.05) is 224 Å². The van der Waals surface area contributed by atoms with E-state index in [9.17, 15) is 0 Å². The van der Waals surface area contributed by atoms with E-state index in [1.54, 1.807) is 0 Å². The first-order chi connectivity index (χ1) is 31.2. The predicted octanol–water partition coefficient (Wildman–Crippen LogP) is 15.5. The lowest BCUT2D eigenvalue weighted by Crippen LogP contribution is -2.28. The van der Waals surface area contributed by atoms with Gasteiger partial charge in [-0.15, -0.1) is 0 Å². The second kappa shape index (κ2) is 15.1. The van der Waals surface area contributed by atoms with Crippen molar-refractivity contribution in [3.63, 3.8) is 0 Å². The van der Waals surface area contributed by atoms with Crippen LogP contribution in [0, 0.1) is 0 Å². The first kappa shape index (κ1) is 36.6. The molecule has 10 aromatic carbocycles. The average molecular weight is 801 g/mol. The molecule has 1 aliphatic carbocycles. The van der Waals surface area contributed by atoms with Crippen molar-refractivity contribution in [2.75, 3.05) is 0 Å². The minimum absolute atomic E-state index is 0.445. The van der Waals surface area contributed by atoms with Gasteiger partial charge in [0.25, 0.3) is 0 Å². The van der Waals surface area contributed by atoms with Gasteiger partial charge in [0.2, 0.25) is 0 Å². The van der Waals surface area contributed by atoms with Gasteiger partial charge in [0, 0.05) is 16.7 Å². The number of rotatable bonds is 7. The van der Waals surface area contributed by atoms with E-state index in [1.165, 1.54) is 66.4 Å². The van der Waals surface area contributed by atoms with E-state index in [-0.39, 0.29) is 0 Å². The molecule has 1 aliphatic rings. The van der Waals surface area contributed by atoms with Crippen LogP contribution < -0.4 is 0 Å². The Morgan fingerprint density at radius 1 is 0.286 bits per heavy atom. The van der Waals surface area contributed by atoms with Crippen LogP contribution in [0.2, 0.25) is 0 Å². The van der Waals surface area contributed by atoms with Gasteiger partial charge in [0.1, 0.15) is 0 Å². The molecule has 0 saturated heterocycles. The molecule has 2 heteroatoms. The smallest absolute Gasteiger partial charge is 0.160 e. The fourth-order valence-electron chi connectivity index (χ4n) is 10.1. The fourth-order valence-corrected chi connectivity index (χ4v) is 10.1. The number of benzene rings is 10. The molecule has 0 radical (unpaired) electrons. The Morgan fingerprint density at radius 3 is 1.49 bits per heavy atom. The molecule has 0 saturated carbocycles. The van der Waals surface area contributed by atoms with Gasteiger partial charge in [0.15, 0.2) is 5.82 Å². The van der Waals surface area contributed by atoms with Crippen LogP contribution in [0.25, 0.3) is 88.8 Å². The van der Waals surface area contributed by atoms with Gasteiger partial charge < -0.3 is 0 Å². The zero-order chi connectivity index (χ0) is 41.7. The highest BCUT2D eigenvalue weighted by atomic mass is 14.9. The maximum absolute atomic E-state index is 5.34. The summed E-state index contributed by atoms with van der Waals surface area (Å²) in [6, 6.07) is 87.7. The monoisotopic (exact) mass is 800 g/mol. The van der Waals surface area contributed by atoms with Crippen LogP contribution in [0.15, 0.2) is 243 Å². The Morgan fingerprint density at radius 2 is 0.794 bits per heavy atom. The Kier molecular flexibility index (Phi) is 8.76. The number of nitrogens with zero attached hydrogens (tertiary/aromatic N) is 2. The van der Waals surface area contributed by atoms with Crippen LogP contribution in [0.1, 0.15) is 22.3 Å². The third-order valence-electron chi connectivity index (χ3n) is 13.0. The maximum Gasteiger partial charge on any atom is 0.160 e. The summed E-state index contributed by atoms with van der Waals surface area (Å²) in [6.45, 7) is 0.